The van der Waals surface area contributed by atoms with Gasteiger partial charge in [-0.2, -0.15) is 0 Å². The molecule has 0 spiro atoms. The molecule has 2 aliphatic heterocycles. The van der Waals surface area contributed by atoms with Gasteiger partial charge in [-0.15, -0.1) is 0 Å². The number of hydrogen-bond donors (Lipinski definition) is 0. The monoisotopic (exact) mass is 348 g/mol. The lowest BCUT2D eigenvalue weighted by atomic mass is 10.0. The molecule has 0 bridgehead atoms. The Hall–Kier alpha value is -1.95. The van der Waals surface area contributed by atoms with Crippen LogP contribution in [0.3, 0.4) is 0 Å². The summed E-state index contributed by atoms with van der Waals surface area (Å²) >= 11 is 0. The van der Waals surface area contributed by atoms with E-state index in [9.17, 15) is 9.18 Å². The smallest absolute Gasteiger partial charge is 0.266 e. The molecule has 0 saturated carbocycles. The van der Waals surface area contributed by atoms with Gasteiger partial charge in [-0.1, -0.05) is 24.2 Å². The van der Waals surface area contributed by atoms with E-state index in [-0.39, 0.29) is 17.8 Å². The number of amides is 1. The molecule has 0 N–H and O–H groups in total. The predicted octanol–water partition coefficient (Wildman–Crippen LogP) is 2.93. The van der Waals surface area contributed by atoms with Gasteiger partial charge in [0, 0.05) is 32.5 Å². The van der Waals surface area contributed by atoms with Crippen molar-refractivity contribution in [3.8, 4) is 0 Å². The molecule has 2 heterocycles. The lowest BCUT2D eigenvalue weighted by Crippen LogP contribution is -2.43. The number of halogens is 1. The molecule has 0 aromatic heterocycles. The third-order valence-corrected chi connectivity index (χ3v) is 4.58. The summed E-state index contributed by atoms with van der Waals surface area (Å²) in [4.78, 5) is 20.0. The minimum Gasteiger partial charge on any atom is -0.382 e. The first kappa shape index (κ1) is 17.9. The summed E-state index contributed by atoms with van der Waals surface area (Å²) in [6, 6.07) is 6.32. The fourth-order valence-corrected chi connectivity index (χ4v) is 3.30. The number of nitrogens with zero attached hydrogens (tertiary/aromatic N) is 2. The molecule has 0 radical (unpaired) electrons. The number of oxime groups is 1. The summed E-state index contributed by atoms with van der Waals surface area (Å²) in [7, 11) is 0. The Labute approximate surface area is 147 Å². The number of rotatable bonds is 7. The summed E-state index contributed by atoms with van der Waals surface area (Å²) in [6.45, 7) is 4.16. The Balaban J connectivity index is 1.54. The van der Waals surface area contributed by atoms with E-state index in [4.69, 9.17) is 9.57 Å². The van der Waals surface area contributed by atoms with Crippen LogP contribution in [0.25, 0.3) is 0 Å². The first-order chi connectivity index (χ1) is 12.2. The van der Waals surface area contributed by atoms with Crippen molar-refractivity contribution in [1.29, 1.82) is 0 Å². The van der Waals surface area contributed by atoms with E-state index < -0.39 is 6.10 Å². The average molecular weight is 348 g/mol. The van der Waals surface area contributed by atoms with E-state index in [1.807, 2.05) is 4.90 Å². The summed E-state index contributed by atoms with van der Waals surface area (Å²) in [6.07, 6.45) is 3.61. The van der Waals surface area contributed by atoms with Gasteiger partial charge in [-0.3, -0.25) is 4.79 Å². The second-order valence-electron chi connectivity index (χ2n) is 6.68. The maximum Gasteiger partial charge on any atom is 0.266 e. The second kappa shape index (κ2) is 8.43. The largest absolute Gasteiger partial charge is 0.382 e. The molecule has 1 aromatic carbocycles. The molecule has 25 heavy (non-hydrogen) atoms. The van der Waals surface area contributed by atoms with Gasteiger partial charge in [-0.05, 0) is 37.0 Å². The Morgan fingerprint density at radius 2 is 2.16 bits per heavy atom. The lowest BCUT2D eigenvalue weighted by molar-refractivity contribution is -0.143. The third-order valence-electron chi connectivity index (χ3n) is 4.58. The lowest BCUT2D eigenvalue weighted by Gasteiger charge is -2.26. The quantitative estimate of drug-likeness (QED) is 0.761. The molecular formula is C19H25FN2O3. The van der Waals surface area contributed by atoms with Gasteiger partial charge in [-0.25, -0.2) is 4.39 Å². The minimum absolute atomic E-state index is 0.0183. The average Bonchev–Trinajstić information content (AvgIpc) is 3.28. The van der Waals surface area contributed by atoms with E-state index in [1.165, 1.54) is 12.1 Å². The SMILES string of the molecule is CCCN(C[C@H]1CCCO1)C(=O)[C@H]1CC(Cc2ccc(F)cc2)=NO1. The Morgan fingerprint density at radius 3 is 2.84 bits per heavy atom. The molecule has 5 nitrogen and oxygen atoms in total. The van der Waals surface area contributed by atoms with E-state index in [0.717, 1.165) is 37.1 Å². The molecule has 6 heteroatoms. The number of benzene rings is 1. The predicted molar refractivity (Wildman–Crippen MR) is 92.9 cm³/mol. The van der Waals surface area contributed by atoms with Crippen LogP contribution in [0.5, 0.6) is 0 Å². The maximum atomic E-state index is 13.0. The van der Waals surface area contributed by atoms with Gasteiger partial charge in [0.15, 0.2) is 0 Å². The van der Waals surface area contributed by atoms with Crippen LogP contribution in [-0.4, -0.2) is 48.4 Å². The summed E-state index contributed by atoms with van der Waals surface area (Å²) in [5, 5.41) is 4.07. The Kier molecular flexibility index (Phi) is 6.02. The van der Waals surface area contributed by atoms with Crippen LogP contribution in [0.15, 0.2) is 29.4 Å². The normalized spacial score (nSPS) is 22.6. The van der Waals surface area contributed by atoms with Crippen LogP contribution in [0.4, 0.5) is 4.39 Å². The molecule has 2 atom stereocenters. The highest BCUT2D eigenvalue weighted by Gasteiger charge is 2.33. The number of carbonyl (C=O) groups is 1. The topological polar surface area (TPSA) is 51.1 Å². The van der Waals surface area contributed by atoms with Gasteiger partial charge < -0.3 is 14.5 Å². The summed E-state index contributed by atoms with van der Waals surface area (Å²) in [5.74, 6) is -0.277. The van der Waals surface area contributed by atoms with Crippen molar-refractivity contribution in [2.24, 2.45) is 5.16 Å². The van der Waals surface area contributed by atoms with Crippen LogP contribution in [-0.2, 0) is 20.8 Å². The van der Waals surface area contributed by atoms with Gasteiger partial charge in [0.2, 0.25) is 6.10 Å². The van der Waals surface area contributed by atoms with Crippen LogP contribution < -0.4 is 0 Å². The fraction of sp³-hybridized carbons (Fsp3) is 0.579. The molecule has 3 rings (SSSR count). The second-order valence-corrected chi connectivity index (χ2v) is 6.68. The van der Waals surface area contributed by atoms with Gasteiger partial charge in [0.05, 0.1) is 11.8 Å². The first-order valence-electron chi connectivity index (χ1n) is 9.02. The van der Waals surface area contributed by atoms with Crippen LogP contribution in [0.1, 0.15) is 38.2 Å². The number of carbonyl (C=O) groups excluding carboxylic acids is 1. The molecule has 136 valence electrons. The van der Waals surface area contributed by atoms with Gasteiger partial charge in [0.1, 0.15) is 5.82 Å². The van der Waals surface area contributed by atoms with Crippen molar-refractivity contribution in [2.45, 2.75) is 51.2 Å². The molecule has 0 aliphatic carbocycles. The van der Waals surface area contributed by atoms with Gasteiger partial charge in [0.25, 0.3) is 5.91 Å². The number of ether oxygens (including phenoxy) is 1. The van der Waals surface area contributed by atoms with Crippen LogP contribution in [0.2, 0.25) is 0 Å². The molecule has 1 saturated heterocycles. The molecular weight excluding hydrogens is 323 g/mol. The molecule has 2 aliphatic rings. The van der Waals surface area contributed by atoms with E-state index in [2.05, 4.69) is 12.1 Å². The molecule has 0 unspecified atom stereocenters. The van der Waals surface area contributed by atoms with E-state index in [0.29, 0.717) is 25.9 Å². The highest BCUT2D eigenvalue weighted by atomic mass is 19.1. The zero-order chi connectivity index (χ0) is 17.6. The highest BCUT2D eigenvalue weighted by Crippen LogP contribution is 2.19. The summed E-state index contributed by atoms with van der Waals surface area (Å²) in [5.41, 5.74) is 1.78. The van der Waals surface area contributed by atoms with Crippen molar-refractivity contribution >= 4 is 11.6 Å². The molecule has 1 fully saturated rings. The van der Waals surface area contributed by atoms with Crippen LogP contribution in [0, 0.1) is 5.82 Å². The zero-order valence-corrected chi connectivity index (χ0v) is 14.6. The highest BCUT2D eigenvalue weighted by molar-refractivity contribution is 5.94. The van der Waals surface area contributed by atoms with E-state index >= 15 is 0 Å². The van der Waals surface area contributed by atoms with Crippen molar-refractivity contribution in [3.63, 3.8) is 0 Å². The van der Waals surface area contributed by atoms with Crippen molar-refractivity contribution < 1.29 is 18.8 Å². The minimum atomic E-state index is -0.552. The maximum absolute atomic E-state index is 13.0. The fourth-order valence-electron chi connectivity index (χ4n) is 3.30. The third kappa shape index (κ3) is 4.78. The van der Waals surface area contributed by atoms with E-state index in [1.54, 1.807) is 12.1 Å². The standard InChI is InChI=1S/C19H25FN2O3/c1-2-9-22(13-17-4-3-10-24-17)19(23)18-12-16(21-25-18)11-14-5-7-15(20)8-6-14/h5-8,17-18H,2-4,9-13H2,1H3/t17-,18-/m1/s1. The Morgan fingerprint density at radius 1 is 1.36 bits per heavy atom. The Bertz CT molecular complexity index is 612. The van der Waals surface area contributed by atoms with Crippen molar-refractivity contribution in [3.05, 3.63) is 35.6 Å². The van der Waals surface area contributed by atoms with Crippen LogP contribution >= 0.6 is 0 Å². The van der Waals surface area contributed by atoms with Crippen molar-refractivity contribution in [1.82, 2.24) is 4.90 Å². The van der Waals surface area contributed by atoms with Crippen molar-refractivity contribution in [2.75, 3.05) is 19.7 Å². The zero-order valence-electron chi connectivity index (χ0n) is 14.6. The molecule has 1 aromatic rings. The first-order valence-corrected chi connectivity index (χ1v) is 9.02. The number of hydrogen-bond acceptors (Lipinski definition) is 4. The molecule has 1 amide bonds. The summed E-state index contributed by atoms with van der Waals surface area (Å²) < 4.78 is 18.6. The van der Waals surface area contributed by atoms with Gasteiger partial charge >= 0.3 is 0 Å².